The van der Waals surface area contributed by atoms with E-state index in [-0.39, 0.29) is 5.91 Å². The molecule has 1 aromatic carbocycles. The first-order valence-electron chi connectivity index (χ1n) is 5.11. The Kier molecular flexibility index (Phi) is 3.77. The van der Waals surface area contributed by atoms with Crippen LogP contribution in [0.2, 0.25) is 0 Å². The zero-order valence-corrected chi connectivity index (χ0v) is 10.1. The number of aromatic amines is 1. The molecule has 88 valence electrons. The minimum absolute atomic E-state index is 0.0661. The van der Waals surface area contributed by atoms with E-state index < -0.39 is 0 Å². The largest absolute Gasteiger partial charge is 0.325 e. The van der Waals surface area contributed by atoms with E-state index in [2.05, 4.69) is 20.5 Å². The van der Waals surface area contributed by atoms with Crippen molar-refractivity contribution < 1.29 is 4.79 Å². The summed E-state index contributed by atoms with van der Waals surface area (Å²) in [6.45, 7) is 1.82. The van der Waals surface area contributed by atoms with Crippen molar-refractivity contribution >= 4 is 23.4 Å². The zero-order valence-electron chi connectivity index (χ0n) is 9.30. The van der Waals surface area contributed by atoms with Gasteiger partial charge in [-0.2, -0.15) is 0 Å². The van der Waals surface area contributed by atoms with Gasteiger partial charge in [0.2, 0.25) is 11.1 Å². The number of carbonyl (C=O) groups is 1. The topological polar surface area (TPSA) is 70.7 Å². The molecule has 0 radical (unpaired) electrons. The van der Waals surface area contributed by atoms with Gasteiger partial charge in [0, 0.05) is 5.69 Å². The van der Waals surface area contributed by atoms with Gasteiger partial charge in [-0.05, 0) is 19.1 Å². The summed E-state index contributed by atoms with van der Waals surface area (Å²) in [5, 5.41) is 10.1. The Balaban J connectivity index is 1.82. The predicted octanol–water partition coefficient (Wildman–Crippen LogP) is 1.84. The first-order chi connectivity index (χ1) is 8.24. The number of thioether (sulfide) groups is 1. The van der Waals surface area contributed by atoms with Crippen molar-refractivity contribution in [2.45, 2.75) is 12.1 Å². The Labute approximate surface area is 103 Å². The van der Waals surface area contributed by atoms with Crippen molar-refractivity contribution in [2.75, 3.05) is 11.1 Å². The van der Waals surface area contributed by atoms with Gasteiger partial charge < -0.3 is 5.32 Å². The van der Waals surface area contributed by atoms with Crippen LogP contribution in [-0.4, -0.2) is 26.8 Å². The van der Waals surface area contributed by atoms with E-state index in [1.807, 2.05) is 37.3 Å². The molecule has 0 bridgehead atoms. The lowest BCUT2D eigenvalue weighted by atomic mass is 10.3. The SMILES string of the molecule is Cc1nc(SCC(=O)Nc2ccccc2)n[nH]1. The number of para-hydroxylation sites is 1. The highest BCUT2D eigenvalue weighted by Crippen LogP contribution is 2.13. The van der Waals surface area contributed by atoms with E-state index in [9.17, 15) is 4.79 Å². The third-order valence-corrected chi connectivity index (χ3v) is 2.81. The molecule has 5 nitrogen and oxygen atoms in total. The number of rotatable bonds is 4. The smallest absolute Gasteiger partial charge is 0.234 e. The molecule has 17 heavy (non-hydrogen) atoms. The first kappa shape index (κ1) is 11.7. The standard InChI is InChI=1S/C11H12N4OS/c1-8-12-11(15-14-8)17-7-10(16)13-9-5-3-2-4-6-9/h2-6H,7H2,1H3,(H,13,16)(H,12,14,15). The summed E-state index contributed by atoms with van der Waals surface area (Å²) in [6.07, 6.45) is 0. The fourth-order valence-electron chi connectivity index (χ4n) is 1.24. The van der Waals surface area contributed by atoms with Crippen LogP contribution in [0.25, 0.3) is 0 Å². The highest BCUT2D eigenvalue weighted by Gasteiger charge is 2.06. The maximum Gasteiger partial charge on any atom is 0.234 e. The molecule has 2 N–H and O–H groups in total. The van der Waals surface area contributed by atoms with Crippen LogP contribution in [0.5, 0.6) is 0 Å². The average Bonchev–Trinajstić information content (AvgIpc) is 2.74. The molecule has 6 heteroatoms. The Morgan fingerprint density at radius 2 is 2.18 bits per heavy atom. The number of nitrogens with zero attached hydrogens (tertiary/aromatic N) is 2. The van der Waals surface area contributed by atoms with Gasteiger partial charge in [0.1, 0.15) is 5.82 Å². The molecule has 0 aliphatic rings. The Hall–Kier alpha value is -1.82. The van der Waals surface area contributed by atoms with Gasteiger partial charge in [-0.25, -0.2) is 4.98 Å². The summed E-state index contributed by atoms with van der Waals surface area (Å²) in [6, 6.07) is 9.35. The second kappa shape index (κ2) is 5.49. The highest BCUT2D eigenvalue weighted by molar-refractivity contribution is 7.99. The maximum atomic E-state index is 11.6. The summed E-state index contributed by atoms with van der Waals surface area (Å²) in [7, 11) is 0. The summed E-state index contributed by atoms with van der Waals surface area (Å²) in [5.41, 5.74) is 0.796. The molecule has 0 aliphatic carbocycles. The molecule has 1 amide bonds. The number of nitrogens with one attached hydrogen (secondary N) is 2. The average molecular weight is 248 g/mol. The van der Waals surface area contributed by atoms with Crippen molar-refractivity contribution in [2.24, 2.45) is 0 Å². The number of benzene rings is 1. The molecule has 2 rings (SSSR count). The molecule has 0 saturated carbocycles. The van der Waals surface area contributed by atoms with Crippen LogP contribution in [0.4, 0.5) is 5.69 Å². The van der Waals surface area contributed by atoms with Crippen molar-refractivity contribution in [3.63, 3.8) is 0 Å². The number of anilines is 1. The summed E-state index contributed by atoms with van der Waals surface area (Å²) >= 11 is 1.30. The van der Waals surface area contributed by atoms with E-state index in [4.69, 9.17) is 0 Å². The number of hydrogen-bond donors (Lipinski definition) is 2. The van der Waals surface area contributed by atoms with Gasteiger partial charge in [-0.15, -0.1) is 5.10 Å². The fraction of sp³-hybridized carbons (Fsp3) is 0.182. The summed E-state index contributed by atoms with van der Waals surface area (Å²) in [5.74, 6) is 0.978. The van der Waals surface area contributed by atoms with Crippen LogP contribution in [0.1, 0.15) is 5.82 Å². The molecule has 0 unspecified atom stereocenters. The van der Waals surface area contributed by atoms with Crippen molar-refractivity contribution in [3.05, 3.63) is 36.2 Å². The van der Waals surface area contributed by atoms with Crippen LogP contribution < -0.4 is 5.32 Å². The summed E-state index contributed by atoms with van der Waals surface area (Å²) < 4.78 is 0. The van der Waals surface area contributed by atoms with E-state index >= 15 is 0 Å². The molecular weight excluding hydrogens is 236 g/mol. The number of amides is 1. The summed E-state index contributed by atoms with van der Waals surface area (Å²) in [4.78, 5) is 15.7. The molecule has 0 fully saturated rings. The lowest BCUT2D eigenvalue weighted by Crippen LogP contribution is -2.13. The molecule has 1 heterocycles. The van der Waals surface area contributed by atoms with Crippen molar-refractivity contribution in [1.29, 1.82) is 0 Å². The van der Waals surface area contributed by atoms with Crippen LogP contribution in [0.15, 0.2) is 35.5 Å². The number of aryl methyl sites for hydroxylation is 1. The van der Waals surface area contributed by atoms with Crippen LogP contribution in [-0.2, 0) is 4.79 Å². The molecule has 0 saturated heterocycles. The minimum Gasteiger partial charge on any atom is -0.325 e. The van der Waals surface area contributed by atoms with Gasteiger partial charge in [-0.3, -0.25) is 9.89 Å². The van der Waals surface area contributed by atoms with Gasteiger partial charge in [0.25, 0.3) is 0 Å². The quantitative estimate of drug-likeness (QED) is 0.810. The van der Waals surface area contributed by atoms with Crippen LogP contribution in [0, 0.1) is 6.92 Å². The maximum absolute atomic E-state index is 11.6. The molecule has 0 atom stereocenters. The van der Waals surface area contributed by atoms with Crippen LogP contribution >= 0.6 is 11.8 Å². The number of hydrogen-bond acceptors (Lipinski definition) is 4. The first-order valence-corrected chi connectivity index (χ1v) is 6.09. The molecule has 0 spiro atoms. The van der Waals surface area contributed by atoms with Crippen molar-refractivity contribution in [1.82, 2.24) is 15.2 Å². The van der Waals surface area contributed by atoms with Gasteiger partial charge in [-0.1, -0.05) is 30.0 Å². The minimum atomic E-state index is -0.0661. The Bertz CT molecular complexity index is 497. The van der Waals surface area contributed by atoms with Gasteiger partial charge >= 0.3 is 0 Å². The fourth-order valence-corrected chi connectivity index (χ4v) is 1.88. The molecule has 2 aromatic rings. The molecule has 0 aliphatic heterocycles. The number of H-pyrrole nitrogens is 1. The van der Waals surface area contributed by atoms with Gasteiger partial charge in [0.05, 0.1) is 5.75 Å². The monoisotopic (exact) mass is 248 g/mol. The Morgan fingerprint density at radius 3 is 2.82 bits per heavy atom. The third kappa shape index (κ3) is 3.60. The third-order valence-electron chi connectivity index (χ3n) is 1.97. The van der Waals surface area contributed by atoms with E-state index in [1.165, 1.54) is 11.8 Å². The van der Waals surface area contributed by atoms with Crippen molar-refractivity contribution in [3.8, 4) is 0 Å². The lowest BCUT2D eigenvalue weighted by Gasteiger charge is -2.02. The Morgan fingerprint density at radius 1 is 1.41 bits per heavy atom. The lowest BCUT2D eigenvalue weighted by molar-refractivity contribution is -0.113. The number of aromatic nitrogens is 3. The van der Waals surface area contributed by atoms with Crippen LogP contribution in [0.3, 0.4) is 0 Å². The van der Waals surface area contributed by atoms with E-state index in [0.29, 0.717) is 10.9 Å². The number of carbonyl (C=O) groups excluding carboxylic acids is 1. The van der Waals surface area contributed by atoms with Gasteiger partial charge in [0.15, 0.2) is 0 Å². The highest BCUT2D eigenvalue weighted by atomic mass is 32.2. The second-order valence-corrected chi connectivity index (χ2v) is 4.35. The van der Waals surface area contributed by atoms with E-state index in [1.54, 1.807) is 0 Å². The second-order valence-electron chi connectivity index (χ2n) is 3.41. The molecule has 1 aromatic heterocycles. The normalized spacial score (nSPS) is 10.2. The predicted molar refractivity (Wildman–Crippen MR) is 66.9 cm³/mol. The molecular formula is C11H12N4OS. The zero-order chi connectivity index (χ0) is 12.1. The van der Waals surface area contributed by atoms with E-state index in [0.717, 1.165) is 11.5 Å².